The third-order valence-corrected chi connectivity index (χ3v) is 4.14. The number of benzene rings is 2. The monoisotopic (exact) mass is 330 g/mol. The van der Waals surface area contributed by atoms with E-state index in [-0.39, 0.29) is 11.8 Å². The van der Waals surface area contributed by atoms with Crippen molar-refractivity contribution >= 4 is 12.1 Å². The van der Waals surface area contributed by atoms with E-state index in [0.29, 0.717) is 0 Å². The fraction of sp³-hybridized carbons (Fsp3) is 0.150. The van der Waals surface area contributed by atoms with Gasteiger partial charge in [0, 0.05) is 23.2 Å². The van der Waals surface area contributed by atoms with Gasteiger partial charge in [-0.3, -0.25) is 4.79 Å². The molecule has 1 fully saturated rings. The van der Waals surface area contributed by atoms with Gasteiger partial charge in [0.1, 0.15) is 5.69 Å². The molecule has 0 radical (unpaired) electrons. The molecule has 1 aliphatic rings. The predicted molar refractivity (Wildman–Crippen MR) is 97.5 cm³/mol. The average Bonchev–Trinajstić information content (AvgIpc) is 3.43. The van der Waals surface area contributed by atoms with E-state index in [0.717, 1.165) is 35.3 Å². The first-order valence-corrected chi connectivity index (χ1v) is 8.35. The van der Waals surface area contributed by atoms with Crippen molar-refractivity contribution in [3.63, 3.8) is 0 Å². The number of aromatic nitrogens is 2. The molecule has 5 nitrogen and oxygen atoms in total. The van der Waals surface area contributed by atoms with Gasteiger partial charge in [0.25, 0.3) is 0 Å². The SMILES string of the molecule is O=C(NN=Cc1cn(-c2ccccc2)nc1-c1ccccc1)C1CC1. The number of hydrazone groups is 1. The number of amides is 1. The van der Waals surface area contributed by atoms with Crippen molar-refractivity contribution in [2.24, 2.45) is 11.0 Å². The summed E-state index contributed by atoms with van der Waals surface area (Å²) < 4.78 is 1.83. The highest BCUT2D eigenvalue weighted by Crippen LogP contribution is 2.28. The lowest BCUT2D eigenvalue weighted by molar-refractivity contribution is -0.122. The standard InChI is InChI=1S/C20H18N4O/c25-20(16-11-12-16)22-21-13-17-14-24(18-9-5-2-6-10-18)23-19(17)15-7-3-1-4-8-15/h1-10,13-14,16H,11-12H2,(H,22,25). The van der Waals surface area contributed by atoms with Gasteiger partial charge in [-0.1, -0.05) is 48.5 Å². The highest BCUT2D eigenvalue weighted by atomic mass is 16.2. The van der Waals surface area contributed by atoms with Gasteiger partial charge in [0.05, 0.1) is 11.9 Å². The normalized spacial score (nSPS) is 13.9. The van der Waals surface area contributed by atoms with E-state index >= 15 is 0 Å². The van der Waals surface area contributed by atoms with Crippen LogP contribution in [0.3, 0.4) is 0 Å². The lowest BCUT2D eigenvalue weighted by Crippen LogP contribution is -2.18. The van der Waals surface area contributed by atoms with E-state index in [1.54, 1.807) is 6.21 Å². The van der Waals surface area contributed by atoms with E-state index in [2.05, 4.69) is 10.5 Å². The summed E-state index contributed by atoms with van der Waals surface area (Å²) in [6.45, 7) is 0. The number of hydrogen-bond donors (Lipinski definition) is 1. The Bertz CT molecular complexity index is 896. The van der Waals surface area contributed by atoms with Crippen molar-refractivity contribution in [1.29, 1.82) is 0 Å². The fourth-order valence-electron chi connectivity index (χ4n) is 2.62. The first kappa shape index (κ1) is 15.3. The molecule has 1 saturated carbocycles. The Balaban J connectivity index is 1.66. The number of rotatable bonds is 5. The fourth-order valence-corrected chi connectivity index (χ4v) is 2.62. The number of nitrogens with one attached hydrogen (secondary N) is 1. The van der Waals surface area contributed by atoms with Crippen molar-refractivity contribution in [1.82, 2.24) is 15.2 Å². The van der Waals surface area contributed by atoms with Crippen LogP contribution >= 0.6 is 0 Å². The third kappa shape index (κ3) is 3.50. The molecule has 2 aromatic carbocycles. The van der Waals surface area contributed by atoms with Crippen molar-refractivity contribution < 1.29 is 4.79 Å². The quantitative estimate of drug-likeness (QED) is 0.576. The van der Waals surface area contributed by atoms with Crippen LogP contribution in [0.1, 0.15) is 18.4 Å². The van der Waals surface area contributed by atoms with E-state index < -0.39 is 0 Å². The molecule has 5 heteroatoms. The minimum atomic E-state index is -0.00652. The molecule has 4 rings (SSSR count). The van der Waals surface area contributed by atoms with Crippen LogP contribution in [0.2, 0.25) is 0 Å². The molecule has 1 heterocycles. The zero-order valence-electron chi connectivity index (χ0n) is 13.7. The van der Waals surface area contributed by atoms with Gasteiger partial charge in [-0.2, -0.15) is 10.2 Å². The summed E-state index contributed by atoms with van der Waals surface area (Å²) in [5, 5.41) is 8.83. The molecular formula is C20H18N4O. The molecule has 1 aromatic heterocycles. The molecule has 3 aromatic rings. The minimum Gasteiger partial charge on any atom is -0.273 e. The molecule has 0 unspecified atom stereocenters. The van der Waals surface area contributed by atoms with Crippen LogP contribution in [-0.2, 0) is 4.79 Å². The Morgan fingerprint density at radius 2 is 1.76 bits per heavy atom. The van der Waals surface area contributed by atoms with Crippen LogP contribution in [0.15, 0.2) is 72.0 Å². The van der Waals surface area contributed by atoms with Crippen molar-refractivity contribution in [2.45, 2.75) is 12.8 Å². The van der Waals surface area contributed by atoms with Crippen LogP contribution in [-0.4, -0.2) is 21.9 Å². The third-order valence-electron chi connectivity index (χ3n) is 4.14. The lowest BCUT2D eigenvalue weighted by Gasteiger charge is -2.00. The molecule has 25 heavy (non-hydrogen) atoms. The van der Waals surface area contributed by atoms with Gasteiger partial charge < -0.3 is 0 Å². The van der Waals surface area contributed by atoms with Gasteiger partial charge in [-0.15, -0.1) is 0 Å². The van der Waals surface area contributed by atoms with Crippen LogP contribution in [0.4, 0.5) is 0 Å². The van der Waals surface area contributed by atoms with Crippen LogP contribution < -0.4 is 5.43 Å². The Morgan fingerprint density at radius 3 is 2.44 bits per heavy atom. The molecule has 0 spiro atoms. The van der Waals surface area contributed by atoms with E-state index in [1.165, 1.54) is 0 Å². The molecule has 0 saturated heterocycles. The number of para-hydroxylation sites is 1. The number of carbonyl (C=O) groups excluding carboxylic acids is 1. The number of carbonyl (C=O) groups is 1. The molecule has 1 N–H and O–H groups in total. The molecule has 1 aliphatic carbocycles. The largest absolute Gasteiger partial charge is 0.273 e. The zero-order chi connectivity index (χ0) is 17.1. The smallest absolute Gasteiger partial charge is 0.243 e. The first-order chi connectivity index (χ1) is 12.3. The summed E-state index contributed by atoms with van der Waals surface area (Å²) >= 11 is 0. The van der Waals surface area contributed by atoms with E-state index in [9.17, 15) is 4.79 Å². The summed E-state index contributed by atoms with van der Waals surface area (Å²) in [5.74, 6) is 0.130. The van der Waals surface area contributed by atoms with Crippen LogP contribution in [0.25, 0.3) is 16.9 Å². The second-order valence-corrected chi connectivity index (χ2v) is 6.09. The molecule has 124 valence electrons. The summed E-state index contributed by atoms with van der Waals surface area (Å²) in [4.78, 5) is 11.7. The van der Waals surface area contributed by atoms with E-state index in [4.69, 9.17) is 5.10 Å². The Labute approximate surface area is 146 Å². The molecular weight excluding hydrogens is 312 g/mol. The Morgan fingerprint density at radius 1 is 1.08 bits per heavy atom. The zero-order valence-corrected chi connectivity index (χ0v) is 13.7. The van der Waals surface area contributed by atoms with Gasteiger partial charge in [0.2, 0.25) is 5.91 Å². The maximum absolute atomic E-state index is 11.7. The number of hydrogen-bond acceptors (Lipinski definition) is 3. The van der Waals surface area contributed by atoms with Crippen molar-refractivity contribution in [2.75, 3.05) is 0 Å². The molecule has 1 amide bonds. The first-order valence-electron chi connectivity index (χ1n) is 8.35. The van der Waals surface area contributed by atoms with Crippen LogP contribution in [0, 0.1) is 5.92 Å². The van der Waals surface area contributed by atoms with Gasteiger partial charge in [0.15, 0.2) is 0 Å². The number of nitrogens with zero attached hydrogens (tertiary/aromatic N) is 3. The summed E-state index contributed by atoms with van der Waals surface area (Å²) in [6, 6.07) is 19.9. The molecule has 0 atom stereocenters. The van der Waals surface area contributed by atoms with Crippen LogP contribution in [0.5, 0.6) is 0 Å². The van der Waals surface area contributed by atoms with Gasteiger partial charge in [-0.05, 0) is 25.0 Å². The molecule has 0 aliphatic heterocycles. The highest BCUT2D eigenvalue weighted by molar-refractivity contribution is 5.90. The highest BCUT2D eigenvalue weighted by Gasteiger charge is 2.29. The summed E-state index contributed by atoms with van der Waals surface area (Å²) in [5.41, 5.74) is 6.27. The maximum atomic E-state index is 11.7. The second kappa shape index (κ2) is 6.73. The van der Waals surface area contributed by atoms with Gasteiger partial charge in [-0.25, -0.2) is 10.1 Å². The van der Waals surface area contributed by atoms with E-state index in [1.807, 2.05) is 71.5 Å². The predicted octanol–water partition coefficient (Wildman–Crippen LogP) is 3.40. The summed E-state index contributed by atoms with van der Waals surface area (Å²) in [7, 11) is 0. The Hall–Kier alpha value is -3.21. The molecule has 0 bridgehead atoms. The topological polar surface area (TPSA) is 59.3 Å². The Kier molecular flexibility index (Phi) is 4.12. The summed E-state index contributed by atoms with van der Waals surface area (Å²) in [6.07, 6.45) is 5.50. The van der Waals surface area contributed by atoms with Crippen molar-refractivity contribution in [3.8, 4) is 16.9 Å². The van der Waals surface area contributed by atoms with Crippen molar-refractivity contribution in [3.05, 3.63) is 72.4 Å². The maximum Gasteiger partial charge on any atom is 0.243 e. The average molecular weight is 330 g/mol. The minimum absolute atomic E-state index is 0.00652. The lowest BCUT2D eigenvalue weighted by atomic mass is 10.1. The van der Waals surface area contributed by atoms with Gasteiger partial charge >= 0.3 is 0 Å². The second-order valence-electron chi connectivity index (χ2n) is 6.09.